The Hall–Kier alpha value is -1.90. The van der Waals surface area contributed by atoms with E-state index in [1.807, 2.05) is 11.5 Å². The van der Waals surface area contributed by atoms with Gasteiger partial charge in [-0.3, -0.25) is 9.36 Å². The van der Waals surface area contributed by atoms with Crippen molar-refractivity contribution in [3.05, 3.63) is 75.0 Å². The fourth-order valence-corrected chi connectivity index (χ4v) is 4.31. The number of rotatable bonds is 9. The van der Waals surface area contributed by atoms with E-state index in [9.17, 15) is 4.79 Å². The lowest BCUT2D eigenvalue weighted by molar-refractivity contribution is -0.113. The predicted octanol–water partition coefficient (Wildman–Crippen LogP) is 6.95. The summed E-state index contributed by atoms with van der Waals surface area (Å²) in [6.07, 6.45) is 1.23. The van der Waals surface area contributed by atoms with Gasteiger partial charge in [0.25, 0.3) is 0 Å². The maximum atomic E-state index is 12.4. The Morgan fingerprint density at radius 3 is 2.59 bits per heavy atom. The lowest BCUT2D eigenvalue weighted by Crippen LogP contribution is -2.16. The first-order valence-corrected chi connectivity index (χ1v) is 11.8. The van der Waals surface area contributed by atoms with E-state index in [2.05, 4.69) is 22.1 Å². The van der Waals surface area contributed by atoms with Gasteiger partial charge in [0.2, 0.25) is 5.91 Å². The van der Waals surface area contributed by atoms with Crippen LogP contribution in [0.5, 0.6) is 5.75 Å². The summed E-state index contributed by atoms with van der Waals surface area (Å²) in [7, 11) is 0. The summed E-state index contributed by atoms with van der Waals surface area (Å²) in [5.41, 5.74) is 0.370. The van der Waals surface area contributed by atoms with Gasteiger partial charge >= 0.3 is 0 Å². The summed E-state index contributed by atoms with van der Waals surface area (Å²) < 4.78 is 7.77. The van der Waals surface area contributed by atoms with E-state index in [1.165, 1.54) is 11.8 Å². The highest BCUT2D eigenvalue weighted by Crippen LogP contribution is 2.33. The van der Waals surface area contributed by atoms with Crippen molar-refractivity contribution in [3.63, 3.8) is 0 Å². The van der Waals surface area contributed by atoms with Crippen LogP contribution < -0.4 is 10.1 Å². The number of para-hydroxylation sites is 1. The molecular formula is C21H18Cl4N4O2S. The summed E-state index contributed by atoms with van der Waals surface area (Å²) in [5, 5.41) is 13.4. The van der Waals surface area contributed by atoms with Crippen LogP contribution in [0.2, 0.25) is 20.1 Å². The Kier molecular flexibility index (Phi) is 8.73. The first-order valence-electron chi connectivity index (χ1n) is 9.32. The van der Waals surface area contributed by atoms with Gasteiger partial charge in [0.1, 0.15) is 5.75 Å². The Balaban J connectivity index is 1.72. The molecule has 6 nitrogen and oxygen atoms in total. The minimum Gasteiger partial charge on any atom is -0.481 e. The van der Waals surface area contributed by atoms with Crippen molar-refractivity contribution in [2.45, 2.75) is 24.7 Å². The van der Waals surface area contributed by atoms with Crippen molar-refractivity contribution in [1.29, 1.82) is 0 Å². The minimum absolute atomic E-state index is 0.0756. The quantitative estimate of drug-likeness (QED) is 0.239. The predicted molar refractivity (Wildman–Crippen MR) is 132 cm³/mol. The Morgan fingerprint density at radius 1 is 1.19 bits per heavy atom. The molecule has 0 aliphatic carbocycles. The molecule has 0 aliphatic rings. The molecule has 1 N–H and O–H groups in total. The molecule has 0 spiro atoms. The number of nitrogens with one attached hydrogen (secondary N) is 1. The molecule has 1 heterocycles. The van der Waals surface area contributed by atoms with Crippen LogP contribution in [0, 0.1) is 0 Å². The minimum atomic E-state index is -0.483. The Labute approximate surface area is 209 Å². The number of carbonyl (C=O) groups excluding carboxylic acids is 1. The average Bonchev–Trinajstić information content (AvgIpc) is 3.15. The number of aromatic nitrogens is 3. The maximum absolute atomic E-state index is 12.4. The van der Waals surface area contributed by atoms with Crippen molar-refractivity contribution in [3.8, 4) is 5.75 Å². The van der Waals surface area contributed by atoms with E-state index in [-0.39, 0.29) is 11.7 Å². The van der Waals surface area contributed by atoms with Crippen LogP contribution in [-0.4, -0.2) is 26.4 Å². The van der Waals surface area contributed by atoms with Crippen LogP contribution >= 0.6 is 58.2 Å². The van der Waals surface area contributed by atoms with Gasteiger partial charge in [-0.25, -0.2) is 0 Å². The standard InChI is InChI=1S/C21H18Cl4N4O2S/c1-3-9-29-20(12(2)31-17-10-13(22)7-8-14(17)23)27-28-21(29)32-11-18(30)26-19-15(24)5-4-6-16(19)25/h3-8,10,12H,1,9,11H2,2H3,(H,26,30). The van der Waals surface area contributed by atoms with Crippen LogP contribution in [0.1, 0.15) is 18.9 Å². The van der Waals surface area contributed by atoms with Gasteiger partial charge in [-0.05, 0) is 31.2 Å². The molecule has 32 heavy (non-hydrogen) atoms. The maximum Gasteiger partial charge on any atom is 0.234 e. The molecule has 3 rings (SSSR count). The van der Waals surface area contributed by atoms with E-state index >= 15 is 0 Å². The highest BCUT2D eigenvalue weighted by Gasteiger charge is 2.21. The first-order chi connectivity index (χ1) is 15.3. The van der Waals surface area contributed by atoms with Crippen molar-refractivity contribution in [1.82, 2.24) is 14.8 Å². The Morgan fingerprint density at radius 2 is 1.91 bits per heavy atom. The molecule has 3 aromatic rings. The van der Waals surface area contributed by atoms with E-state index in [4.69, 9.17) is 51.1 Å². The molecular weight excluding hydrogens is 514 g/mol. The highest BCUT2D eigenvalue weighted by molar-refractivity contribution is 7.99. The van der Waals surface area contributed by atoms with Gasteiger partial charge < -0.3 is 10.1 Å². The van der Waals surface area contributed by atoms with Crippen LogP contribution in [0.25, 0.3) is 0 Å². The summed E-state index contributed by atoms with van der Waals surface area (Å²) >= 11 is 25.7. The van der Waals surface area contributed by atoms with Crippen LogP contribution in [-0.2, 0) is 11.3 Å². The summed E-state index contributed by atoms with van der Waals surface area (Å²) in [6, 6.07) is 9.97. The number of hydrogen-bond acceptors (Lipinski definition) is 5. The molecule has 0 fully saturated rings. The second-order valence-electron chi connectivity index (χ2n) is 6.51. The second-order valence-corrected chi connectivity index (χ2v) is 9.11. The van der Waals surface area contributed by atoms with Crippen molar-refractivity contribution >= 4 is 69.8 Å². The molecule has 0 saturated heterocycles. The molecule has 1 atom stereocenters. The Bertz CT molecular complexity index is 1120. The van der Waals surface area contributed by atoms with Crippen LogP contribution in [0.4, 0.5) is 5.69 Å². The summed E-state index contributed by atoms with van der Waals surface area (Å²) in [5.74, 6) is 0.782. The highest BCUT2D eigenvalue weighted by atomic mass is 35.5. The number of halogens is 4. The monoisotopic (exact) mass is 530 g/mol. The topological polar surface area (TPSA) is 69.0 Å². The number of benzene rings is 2. The third-order valence-corrected chi connectivity index (χ3v) is 6.32. The molecule has 0 aliphatic heterocycles. The normalized spacial score (nSPS) is 11.8. The number of nitrogens with zero attached hydrogens (tertiary/aromatic N) is 3. The summed E-state index contributed by atoms with van der Waals surface area (Å²) in [4.78, 5) is 12.4. The molecule has 168 valence electrons. The lowest BCUT2D eigenvalue weighted by Gasteiger charge is -2.16. The molecule has 11 heteroatoms. The number of thioether (sulfide) groups is 1. The average molecular weight is 532 g/mol. The third-order valence-electron chi connectivity index (χ3n) is 4.18. The fraction of sp³-hybridized carbons (Fsp3) is 0.190. The largest absolute Gasteiger partial charge is 0.481 e. The number of allylic oxidation sites excluding steroid dienone is 1. The SMILES string of the molecule is C=CCn1c(SCC(=O)Nc2c(Cl)cccc2Cl)nnc1C(C)Oc1cc(Cl)ccc1Cl. The van der Waals surface area contributed by atoms with E-state index in [1.54, 1.807) is 42.5 Å². The molecule has 1 unspecified atom stereocenters. The van der Waals surface area contributed by atoms with Gasteiger partial charge in [0.05, 0.1) is 26.5 Å². The lowest BCUT2D eigenvalue weighted by atomic mass is 10.3. The van der Waals surface area contributed by atoms with E-state index in [0.717, 1.165) is 0 Å². The number of amides is 1. The molecule has 0 saturated carbocycles. The van der Waals surface area contributed by atoms with Gasteiger partial charge in [-0.15, -0.1) is 16.8 Å². The number of carbonyl (C=O) groups is 1. The van der Waals surface area contributed by atoms with E-state index < -0.39 is 6.10 Å². The smallest absolute Gasteiger partial charge is 0.234 e. The van der Waals surface area contributed by atoms with Crippen molar-refractivity contribution in [2.75, 3.05) is 11.1 Å². The second kappa shape index (κ2) is 11.3. The van der Waals surface area contributed by atoms with Crippen LogP contribution in [0.3, 0.4) is 0 Å². The number of anilines is 1. The molecule has 0 radical (unpaired) electrons. The van der Waals surface area contributed by atoms with Gasteiger partial charge in [-0.2, -0.15) is 0 Å². The molecule has 2 aromatic carbocycles. The molecule has 1 amide bonds. The van der Waals surface area contributed by atoms with Gasteiger partial charge in [-0.1, -0.05) is 70.3 Å². The number of hydrogen-bond donors (Lipinski definition) is 1. The zero-order valence-corrected chi connectivity index (χ0v) is 20.7. The molecule has 0 bridgehead atoms. The molecule has 1 aromatic heterocycles. The van der Waals surface area contributed by atoms with E-state index in [0.29, 0.717) is 49.1 Å². The van der Waals surface area contributed by atoms with Gasteiger partial charge in [0.15, 0.2) is 17.1 Å². The van der Waals surface area contributed by atoms with Gasteiger partial charge in [0, 0.05) is 17.6 Å². The van der Waals surface area contributed by atoms with Crippen molar-refractivity contribution in [2.24, 2.45) is 0 Å². The third kappa shape index (κ3) is 6.11. The van der Waals surface area contributed by atoms with Crippen molar-refractivity contribution < 1.29 is 9.53 Å². The zero-order valence-electron chi connectivity index (χ0n) is 16.8. The number of ether oxygens (including phenoxy) is 1. The fourth-order valence-electron chi connectivity index (χ4n) is 2.74. The zero-order chi connectivity index (χ0) is 23.3. The first kappa shape index (κ1) is 24.7. The van der Waals surface area contributed by atoms with Crippen LogP contribution in [0.15, 0.2) is 54.2 Å². The summed E-state index contributed by atoms with van der Waals surface area (Å²) in [6.45, 7) is 6.03.